The molecule has 0 unspecified atom stereocenters. The van der Waals surface area contributed by atoms with Crippen LogP contribution in [0.2, 0.25) is 0 Å². The lowest BCUT2D eigenvalue weighted by molar-refractivity contribution is -0.384. The SMILES string of the molecule is COc1ccc(C(=O)N(N=C(C=O)c2ccc([N+](=O)[O-])cc2)C(=O)c2ccc(OC)cc2)cc1. The van der Waals surface area contributed by atoms with Crippen molar-refractivity contribution in [1.82, 2.24) is 5.01 Å². The first-order chi connectivity index (χ1) is 16.4. The molecule has 0 saturated carbocycles. The Labute approximate surface area is 194 Å². The number of imide groups is 1. The third-order valence-electron chi connectivity index (χ3n) is 4.75. The standard InChI is InChI=1S/C24H19N3O7/c1-33-20-11-5-17(6-12-20)23(29)26(24(30)18-7-13-21(34-2)14-8-18)25-22(15-28)16-3-9-19(10-4-16)27(31)32/h3-15H,1-2H3. The van der Waals surface area contributed by atoms with Gasteiger partial charge in [-0.15, -0.1) is 0 Å². The van der Waals surface area contributed by atoms with Crippen LogP contribution in [0.4, 0.5) is 5.69 Å². The van der Waals surface area contributed by atoms with Crippen LogP contribution < -0.4 is 9.47 Å². The fraction of sp³-hybridized carbons (Fsp3) is 0.0833. The fourth-order valence-electron chi connectivity index (χ4n) is 2.91. The Morgan fingerprint density at radius 1 is 0.794 bits per heavy atom. The van der Waals surface area contributed by atoms with Crippen molar-refractivity contribution in [2.24, 2.45) is 5.10 Å². The zero-order valence-electron chi connectivity index (χ0n) is 18.2. The molecule has 3 rings (SSSR count). The van der Waals surface area contributed by atoms with Crippen LogP contribution in [0, 0.1) is 10.1 Å². The van der Waals surface area contributed by atoms with Gasteiger partial charge < -0.3 is 9.47 Å². The number of hydrazone groups is 1. The lowest BCUT2D eigenvalue weighted by atomic mass is 10.1. The lowest BCUT2D eigenvalue weighted by Gasteiger charge is -2.17. The molecule has 0 radical (unpaired) electrons. The molecule has 10 nitrogen and oxygen atoms in total. The molecule has 0 aliphatic rings. The molecule has 0 saturated heterocycles. The molecule has 0 fully saturated rings. The van der Waals surface area contributed by atoms with Crippen molar-refractivity contribution in [3.05, 3.63) is 99.6 Å². The normalized spacial score (nSPS) is 10.8. The largest absolute Gasteiger partial charge is 0.497 e. The zero-order valence-corrected chi connectivity index (χ0v) is 18.2. The summed E-state index contributed by atoms with van der Waals surface area (Å²) in [5.41, 5.74) is -0.00974. The highest BCUT2D eigenvalue weighted by Gasteiger charge is 2.25. The number of hydrogen-bond donors (Lipinski definition) is 0. The molecule has 0 heterocycles. The lowest BCUT2D eigenvalue weighted by Crippen LogP contribution is -2.34. The summed E-state index contributed by atoms with van der Waals surface area (Å²) in [7, 11) is 2.95. The van der Waals surface area contributed by atoms with Gasteiger partial charge in [-0.3, -0.25) is 24.5 Å². The molecule has 0 aliphatic heterocycles. The molecular weight excluding hydrogens is 442 g/mol. The zero-order chi connectivity index (χ0) is 24.7. The number of nitrogens with zero attached hydrogens (tertiary/aromatic N) is 3. The second-order valence-corrected chi connectivity index (χ2v) is 6.79. The van der Waals surface area contributed by atoms with Crippen LogP contribution in [0.25, 0.3) is 0 Å². The summed E-state index contributed by atoms with van der Waals surface area (Å²) in [5, 5.41) is 15.5. The quantitative estimate of drug-likeness (QED) is 0.165. The predicted molar refractivity (Wildman–Crippen MR) is 122 cm³/mol. The molecule has 2 amide bonds. The van der Waals surface area contributed by atoms with Gasteiger partial charge in [-0.25, -0.2) is 0 Å². The van der Waals surface area contributed by atoms with Crippen LogP contribution in [0.3, 0.4) is 0 Å². The maximum atomic E-state index is 13.2. The van der Waals surface area contributed by atoms with Crippen molar-refractivity contribution < 1.29 is 28.8 Å². The van der Waals surface area contributed by atoms with Gasteiger partial charge in [0.25, 0.3) is 17.5 Å². The highest BCUT2D eigenvalue weighted by atomic mass is 16.6. The van der Waals surface area contributed by atoms with Gasteiger partial charge in [0, 0.05) is 28.8 Å². The van der Waals surface area contributed by atoms with Crippen LogP contribution in [0.15, 0.2) is 77.9 Å². The first kappa shape index (κ1) is 23.8. The number of ether oxygens (including phenoxy) is 2. The minimum Gasteiger partial charge on any atom is -0.497 e. The molecule has 3 aromatic rings. The van der Waals surface area contributed by atoms with E-state index in [0.717, 1.165) is 0 Å². The van der Waals surface area contributed by atoms with E-state index in [4.69, 9.17) is 9.47 Å². The molecule has 0 bridgehead atoms. The smallest absolute Gasteiger partial charge is 0.281 e. The van der Waals surface area contributed by atoms with Crippen molar-refractivity contribution in [3.63, 3.8) is 0 Å². The summed E-state index contributed by atoms with van der Waals surface area (Å²) in [6, 6.07) is 17.0. The summed E-state index contributed by atoms with van der Waals surface area (Å²) >= 11 is 0. The number of rotatable bonds is 8. The average molecular weight is 461 g/mol. The van der Waals surface area contributed by atoms with Gasteiger partial charge in [-0.1, -0.05) is 0 Å². The number of benzene rings is 3. The average Bonchev–Trinajstić information content (AvgIpc) is 2.89. The van der Waals surface area contributed by atoms with Crippen LogP contribution in [0.1, 0.15) is 26.3 Å². The van der Waals surface area contributed by atoms with E-state index in [0.29, 0.717) is 22.8 Å². The minimum atomic E-state index is -0.787. The van der Waals surface area contributed by atoms with Gasteiger partial charge in [-0.2, -0.15) is 10.1 Å². The Morgan fingerprint density at radius 2 is 1.21 bits per heavy atom. The fourth-order valence-corrected chi connectivity index (χ4v) is 2.91. The Balaban J connectivity index is 2.05. The van der Waals surface area contributed by atoms with Crippen LogP contribution >= 0.6 is 0 Å². The van der Waals surface area contributed by atoms with Gasteiger partial charge in [0.2, 0.25) is 0 Å². The van der Waals surface area contributed by atoms with E-state index in [1.165, 1.54) is 62.8 Å². The molecule has 34 heavy (non-hydrogen) atoms. The highest BCUT2D eigenvalue weighted by Crippen LogP contribution is 2.19. The molecule has 172 valence electrons. The summed E-state index contributed by atoms with van der Waals surface area (Å²) in [6.45, 7) is 0. The highest BCUT2D eigenvalue weighted by molar-refractivity contribution is 6.36. The van der Waals surface area contributed by atoms with Crippen molar-refractivity contribution in [3.8, 4) is 11.5 Å². The molecule has 0 spiro atoms. The molecular formula is C24H19N3O7. The van der Waals surface area contributed by atoms with E-state index in [1.54, 1.807) is 24.3 Å². The second kappa shape index (κ2) is 10.6. The second-order valence-electron chi connectivity index (χ2n) is 6.79. The number of nitro groups is 1. The molecule has 0 aromatic heterocycles. The summed E-state index contributed by atoms with van der Waals surface area (Å²) in [5.74, 6) is -0.561. The number of methoxy groups -OCH3 is 2. The van der Waals surface area contributed by atoms with Crippen LogP contribution in [0.5, 0.6) is 11.5 Å². The summed E-state index contributed by atoms with van der Waals surface area (Å²) < 4.78 is 10.2. The topological polar surface area (TPSA) is 128 Å². The Hall–Kier alpha value is -4.86. The Bertz CT molecular complexity index is 1180. The number of non-ortho nitro benzene ring substituents is 1. The van der Waals surface area contributed by atoms with Gasteiger partial charge in [0.05, 0.1) is 19.1 Å². The van der Waals surface area contributed by atoms with E-state index < -0.39 is 16.7 Å². The Kier molecular flexibility index (Phi) is 7.45. The third kappa shape index (κ3) is 5.30. The first-order valence-electron chi connectivity index (χ1n) is 9.83. The summed E-state index contributed by atoms with van der Waals surface area (Å²) in [6.07, 6.45) is 0.358. The molecule has 0 atom stereocenters. The van der Waals surface area contributed by atoms with Crippen molar-refractivity contribution >= 4 is 29.5 Å². The monoisotopic (exact) mass is 461 g/mol. The van der Waals surface area contributed by atoms with Gasteiger partial charge >= 0.3 is 0 Å². The van der Waals surface area contributed by atoms with Crippen molar-refractivity contribution in [2.45, 2.75) is 0 Å². The van der Waals surface area contributed by atoms with Gasteiger partial charge in [0.1, 0.15) is 17.2 Å². The van der Waals surface area contributed by atoms with Crippen LogP contribution in [-0.2, 0) is 4.79 Å². The van der Waals surface area contributed by atoms with E-state index in [9.17, 15) is 24.5 Å². The van der Waals surface area contributed by atoms with E-state index in [1.807, 2.05) is 0 Å². The van der Waals surface area contributed by atoms with Gasteiger partial charge in [0.15, 0.2) is 6.29 Å². The number of carbonyl (C=O) groups is 3. The number of carbonyl (C=O) groups excluding carboxylic acids is 3. The number of amides is 2. The van der Waals surface area contributed by atoms with Crippen LogP contribution in [-0.4, -0.2) is 48.0 Å². The maximum Gasteiger partial charge on any atom is 0.281 e. The predicted octanol–water partition coefficient (Wildman–Crippen LogP) is 3.50. The first-order valence-corrected chi connectivity index (χ1v) is 9.83. The minimum absolute atomic E-state index is 0.125. The molecule has 0 aliphatic carbocycles. The van der Waals surface area contributed by atoms with E-state index in [-0.39, 0.29) is 28.1 Å². The van der Waals surface area contributed by atoms with Crippen molar-refractivity contribution in [2.75, 3.05) is 14.2 Å². The molecule has 0 N–H and O–H groups in total. The number of aldehydes is 1. The Morgan fingerprint density at radius 3 is 1.56 bits per heavy atom. The van der Waals surface area contributed by atoms with E-state index in [2.05, 4.69) is 5.10 Å². The molecule has 10 heteroatoms. The third-order valence-corrected chi connectivity index (χ3v) is 4.75. The number of hydrogen-bond acceptors (Lipinski definition) is 8. The summed E-state index contributed by atoms with van der Waals surface area (Å²) in [4.78, 5) is 48.6. The van der Waals surface area contributed by atoms with Gasteiger partial charge in [-0.05, 0) is 60.7 Å². The van der Waals surface area contributed by atoms with Crippen molar-refractivity contribution in [1.29, 1.82) is 0 Å². The number of nitro benzene ring substituents is 1. The maximum absolute atomic E-state index is 13.2. The van der Waals surface area contributed by atoms with E-state index >= 15 is 0 Å². The molecule has 3 aromatic carbocycles.